The van der Waals surface area contributed by atoms with Gasteiger partial charge in [-0.3, -0.25) is 14.8 Å². The first kappa shape index (κ1) is 20.1. The van der Waals surface area contributed by atoms with Gasteiger partial charge >= 0.3 is 0 Å². The summed E-state index contributed by atoms with van der Waals surface area (Å²) in [5.41, 5.74) is 6.84. The lowest BCUT2D eigenvalue weighted by atomic mass is 10.2. The first-order valence-corrected chi connectivity index (χ1v) is 9.36. The fraction of sp³-hybridized carbons (Fsp3) is 0.467. The summed E-state index contributed by atoms with van der Waals surface area (Å²) < 4.78 is 32.0. The minimum absolute atomic E-state index is 0.0147. The van der Waals surface area contributed by atoms with Crippen molar-refractivity contribution in [3.8, 4) is 5.75 Å². The molecule has 0 saturated carbocycles. The van der Waals surface area contributed by atoms with E-state index >= 15 is 0 Å². The van der Waals surface area contributed by atoms with Gasteiger partial charge in [-0.2, -0.15) is 4.31 Å². The van der Waals surface area contributed by atoms with E-state index < -0.39 is 27.9 Å². The van der Waals surface area contributed by atoms with Crippen LogP contribution in [0.1, 0.15) is 6.42 Å². The maximum absolute atomic E-state index is 13.0. The summed E-state index contributed by atoms with van der Waals surface area (Å²) in [5, 5.41) is 9.02. The van der Waals surface area contributed by atoms with E-state index in [4.69, 9.17) is 15.7 Å². The van der Waals surface area contributed by atoms with Crippen LogP contribution in [0.2, 0.25) is 0 Å². The van der Waals surface area contributed by atoms with E-state index in [0.717, 1.165) is 4.31 Å². The highest BCUT2D eigenvalue weighted by Gasteiger charge is 2.39. The molecule has 2 rings (SSSR count). The number of amides is 2. The summed E-state index contributed by atoms with van der Waals surface area (Å²) in [6.45, 7) is -0.169. The molecule has 0 bridgehead atoms. The SMILES string of the molecule is COc1ccc(S(=O)(=O)N2CCCN(C(=O)CN)CC2C(=O)NO)cc1. The summed E-state index contributed by atoms with van der Waals surface area (Å²) in [6, 6.07) is 4.46. The number of sulfonamides is 1. The van der Waals surface area contributed by atoms with Gasteiger partial charge in [-0.05, 0) is 30.7 Å². The monoisotopic (exact) mass is 386 g/mol. The third-order valence-corrected chi connectivity index (χ3v) is 6.08. The smallest absolute Gasteiger partial charge is 0.263 e. The normalized spacial score (nSPS) is 18.9. The molecule has 1 atom stereocenters. The molecule has 1 unspecified atom stereocenters. The fourth-order valence-corrected chi connectivity index (χ4v) is 4.40. The second-order valence-electron chi connectivity index (χ2n) is 5.68. The number of nitrogens with zero attached hydrogens (tertiary/aromatic N) is 2. The van der Waals surface area contributed by atoms with Crippen LogP contribution < -0.4 is 16.0 Å². The molecular weight excluding hydrogens is 364 g/mol. The molecule has 1 aliphatic rings. The lowest BCUT2D eigenvalue weighted by molar-refractivity contribution is -0.135. The minimum Gasteiger partial charge on any atom is -0.497 e. The minimum atomic E-state index is -4.03. The van der Waals surface area contributed by atoms with Gasteiger partial charge in [0, 0.05) is 19.6 Å². The first-order chi connectivity index (χ1) is 12.3. The van der Waals surface area contributed by atoms with Gasteiger partial charge in [0.05, 0.1) is 18.6 Å². The Hall–Kier alpha value is -2.21. The summed E-state index contributed by atoms with van der Waals surface area (Å²) >= 11 is 0. The predicted octanol–water partition coefficient (Wildman–Crippen LogP) is -1.25. The highest BCUT2D eigenvalue weighted by Crippen LogP contribution is 2.23. The van der Waals surface area contributed by atoms with Crippen LogP contribution in [0.15, 0.2) is 29.2 Å². The number of rotatable bonds is 5. The average molecular weight is 386 g/mol. The lowest BCUT2D eigenvalue weighted by Gasteiger charge is -2.29. The van der Waals surface area contributed by atoms with Crippen molar-refractivity contribution in [3.05, 3.63) is 24.3 Å². The van der Waals surface area contributed by atoms with Crippen LogP contribution in [0, 0.1) is 0 Å². The summed E-state index contributed by atoms with van der Waals surface area (Å²) in [4.78, 5) is 25.3. The number of ether oxygens (including phenoxy) is 1. The first-order valence-electron chi connectivity index (χ1n) is 7.92. The molecule has 1 aliphatic heterocycles. The third-order valence-electron chi connectivity index (χ3n) is 4.15. The van der Waals surface area contributed by atoms with Crippen molar-refractivity contribution in [1.29, 1.82) is 0 Å². The second kappa shape index (κ2) is 8.45. The largest absolute Gasteiger partial charge is 0.497 e. The summed E-state index contributed by atoms with van der Waals surface area (Å²) in [6.07, 6.45) is 0.330. The average Bonchev–Trinajstić information content (AvgIpc) is 2.90. The zero-order valence-corrected chi connectivity index (χ0v) is 15.1. The van der Waals surface area contributed by atoms with Crippen molar-refractivity contribution in [3.63, 3.8) is 0 Å². The molecule has 1 fully saturated rings. The fourth-order valence-electron chi connectivity index (χ4n) is 2.78. The van der Waals surface area contributed by atoms with Crippen LogP contribution in [0.25, 0.3) is 0 Å². The number of benzene rings is 1. The van der Waals surface area contributed by atoms with Crippen molar-refractivity contribution in [2.24, 2.45) is 5.73 Å². The van der Waals surface area contributed by atoms with Crippen LogP contribution in [0.4, 0.5) is 0 Å². The third kappa shape index (κ3) is 4.12. The van der Waals surface area contributed by atoms with E-state index in [1.165, 1.54) is 41.8 Å². The number of hydrogen-bond donors (Lipinski definition) is 3. The number of nitrogens with one attached hydrogen (secondary N) is 1. The number of nitrogens with two attached hydrogens (primary N) is 1. The van der Waals surface area contributed by atoms with Gasteiger partial charge in [0.1, 0.15) is 11.8 Å². The molecule has 1 aromatic carbocycles. The number of carbonyl (C=O) groups is 2. The molecule has 1 saturated heterocycles. The topological polar surface area (TPSA) is 142 Å². The van der Waals surface area contributed by atoms with E-state index in [1.54, 1.807) is 0 Å². The van der Waals surface area contributed by atoms with E-state index in [9.17, 15) is 18.0 Å². The molecule has 0 aromatic heterocycles. The van der Waals surface area contributed by atoms with Gasteiger partial charge in [0.15, 0.2) is 0 Å². The number of methoxy groups -OCH3 is 1. The number of hydroxylamine groups is 1. The summed E-state index contributed by atoms with van der Waals surface area (Å²) in [5.74, 6) is -0.826. The zero-order valence-electron chi connectivity index (χ0n) is 14.3. The van der Waals surface area contributed by atoms with Gasteiger partial charge in [-0.25, -0.2) is 13.9 Å². The Morgan fingerprint density at radius 3 is 2.50 bits per heavy atom. The molecule has 0 aliphatic carbocycles. The quantitative estimate of drug-likeness (QED) is 0.424. The van der Waals surface area contributed by atoms with Gasteiger partial charge in [0.25, 0.3) is 5.91 Å². The van der Waals surface area contributed by atoms with E-state index in [0.29, 0.717) is 12.2 Å². The van der Waals surface area contributed by atoms with Crippen molar-refractivity contribution in [2.75, 3.05) is 33.3 Å². The van der Waals surface area contributed by atoms with Gasteiger partial charge in [-0.1, -0.05) is 0 Å². The van der Waals surface area contributed by atoms with E-state index in [-0.39, 0.29) is 31.1 Å². The Kier molecular flexibility index (Phi) is 6.53. The van der Waals surface area contributed by atoms with Crippen molar-refractivity contribution in [1.82, 2.24) is 14.7 Å². The lowest BCUT2D eigenvalue weighted by Crippen LogP contribution is -2.53. The van der Waals surface area contributed by atoms with Gasteiger partial charge in [0.2, 0.25) is 15.9 Å². The second-order valence-corrected chi connectivity index (χ2v) is 7.57. The Morgan fingerprint density at radius 1 is 1.31 bits per heavy atom. The summed E-state index contributed by atoms with van der Waals surface area (Å²) in [7, 11) is -2.57. The van der Waals surface area contributed by atoms with Crippen molar-refractivity contribution in [2.45, 2.75) is 17.4 Å². The van der Waals surface area contributed by atoms with Crippen LogP contribution in [0.3, 0.4) is 0 Å². The predicted molar refractivity (Wildman–Crippen MR) is 90.9 cm³/mol. The Bertz CT molecular complexity index is 752. The molecule has 10 nitrogen and oxygen atoms in total. The number of carbonyl (C=O) groups excluding carboxylic acids is 2. The Labute approximate surface area is 151 Å². The molecule has 0 spiro atoms. The molecule has 1 aromatic rings. The standard InChI is InChI=1S/C15H22N4O6S/c1-25-11-3-5-12(6-4-11)26(23,24)19-8-2-7-18(14(20)9-16)10-13(19)15(21)17-22/h3-6,13,22H,2,7-10,16H2,1H3,(H,17,21). The highest BCUT2D eigenvalue weighted by atomic mass is 32.2. The molecule has 2 amide bonds. The molecule has 11 heteroatoms. The van der Waals surface area contributed by atoms with Gasteiger partial charge < -0.3 is 15.4 Å². The van der Waals surface area contributed by atoms with Crippen molar-refractivity contribution < 1.29 is 28.0 Å². The van der Waals surface area contributed by atoms with Crippen LogP contribution >= 0.6 is 0 Å². The molecule has 26 heavy (non-hydrogen) atoms. The van der Waals surface area contributed by atoms with Crippen LogP contribution in [0.5, 0.6) is 5.75 Å². The van der Waals surface area contributed by atoms with E-state index in [1.807, 2.05) is 0 Å². The number of hydrogen-bond acceptors (Lipinski definition) is 7. The van der Waals surface area contributed by atoms with Crippen molar-refractivity contribution >= 4 is 21.8 Å². The molecule has 1 heterocycles. The molecular formula is C15H22N4O6S. The van der Waals surface area contributed by atoms with Gasteiger partial charge in [-0.15, -0.1) is 0 Å². The highest BCUT2D eigenvalue weighted by molar-refractivity contribution is 7.89. The van der Waals surface area contributed by atoms with Crippen LogP contribution in [-0.2, 0) is 19.6 Å². The maximum atomic E-state index is 13.0. The Morgan fingerprint density at radius 2 is 1.96 bits per heavy atom. The Balaban J connectivity index is 2.39. The molecule has 4 N–H and O–H groups in total. The molecule has 0 radical (unpaired) electrons. The van der Waals surface area contributed by atoms with Crippen LogP contribution in [-0.4, -0.2) is 74.0 Å². The maximum Gasteiger partial charge on any atom is 0.263 e. The zero-order chi connectivity index (χ0) is 19.3. The molecule has 144 valence electrons. The van der Waals surface area contributed by atoms with E-state index in [2.05, 4.69) is 0 Å².